The van der Waals surface area contributed by atoms with Crippen molar-refractivity contribution < 1.29 is 9.53 Å². The van der Waals surface area contributed by atoms with Gasteiger partial charge < -0.3 is 4.74 Å². The van der Waals surface area contributed by atoms with Gasteiger partial charge in [-0.25, -0.2) is 9.54 Å². The minimum Gasteiger partial charge on any atom is -0.429 e. The van der Waals surface area contributed by atoms with Crippen molar-refractivity contribution in [3.8, 4) is 0 Å². The number of hydrogen-bond donors (Lipinski definition) is 0. The van der Waals surface area contributed by atoms with Crippen molar-refractivity contribution in [2.24, 2.45) is 9.49 Å². The number of carbonyl (C=O) groups is 1. The second-order valence-corrected chi connectivity index (χ2v) is 17.4. The quantitative estimate of drug-likeness (QED) is 0.123. The van der Waals surface area contributed by atoms with Gasteiger partial charge in [0.25, 0.3) is 0 Å². The minimum absolute atomic E-state index is 0.0433. The first kappa shape index (κ1) is 30.9. The first-order valence-corrected chi connectivity index (χ1v) is 19.2. The predicted molar refractivity (Wildman–Crippen MR) is 198 cm³/mol. The van der Waals surface area contributed by atoms with E-state index in [0.717, 1.165) is 31.8 Å². The molecule has 0 saturated heterocycles. The second-order valence-electron chi connectivity index (χ2n) is 11.0. The molecule has 47 heavy (non-hydrogen) atoms. The molecule has 4 nitrogen and oxygen atoms in total. The van der Waals surface area contributed by atoms with Crippen LogP contribution in [0.3, 0.4) is 0 Å². The second kappa shape index (κ2) is 13.6. The van der Waals surface area contributed by atoms with Crippen LogP contribution in [-0.4, -0.2) is 12.2 Å². The molecule has 1 aliphatic heterocycles. The third kappa shape index (κ3) is 5.75. The van der Waals surface area contributed by atoms with Gasteiger partial charge in [-0.1, -0.05) is 194 Å². The summed E-state index contributed by atoms with van der Waals surface area (Å²) < 4.78 is 17.3. The fourth-order valence-electron chi connectivity index (χ4n) is 6.04. The van der Waals surface area contributed by atoms with Crippen molar-refractivity contribution in [3.05, 3.63) is 193 Å². The number of benzene rings is 6. The lowest BCUT2D eigenvalue weighted by atomic mass is 10.4. The molecule has 0 N–H and O–H groups in total. The summed E-state index contributed by atoms with van der Waals surface area (Å²) in [6.07, 6.45) is -1.04. The summed E-state index contributed by atoms with van der Waals surface area (Å²) in [6, 6.07) is 61.5. The van der Waals surface area contributed by atoms with E-state index >= 15 is 0 Å². The maximum absolute atomic E-state index is 13.5. The van der Waals surface area contributed by atoms with Crippen molar-refractivity contribution in [2.75, 3.05) is 0 Å². The highest BCUT2D eigenvalue weighted by atomic mass is 35.5. The van der Waals surface area contributed by atoms with Crippen LogP contribution in [0.2, 0.25) is 0 Å². The Labute approximate surface area is 280 Å². The molecule has 1 unspecified atom stereocenters. The van der Waals surface area contributed by atoms with Gasteiger partial charge in [0.05, 0.1) is 14.1 Å². The van der Waals surface area contributed by atoms with Gasteiger partial charge in [0.1, 0.15) is 5.70 Å². The number of rotatable bonds is 8. The average molecular weight is 669 g/mol. The van der Waals surface area contributed by atoms with Gasteiger partial charge in [-0.05, 0) is 0 Å². The van der Waals surface area contributed by atoms with E-state index in [-0.39, 0.29) is 5.03 Å². The zero-order valence-corrected chi connectivity index (χ0v) is 27.9. The fourth-order valence-corrected chi connectivity index (χ4v) is 13.4. The summed E-state index contributed by atoms with van der Waals surface area (Å²) in [7, 11) is -5.55. The Balaban J connectivity index is 1.59. The van der Waals surface area contributed by atoms with Crippen LogP contribution in [0.1, 0.15) is 0 Å². The number of ether oxygens (including phenoxy) is 1. The summed E-state index contributed by atoms with van der Waals surface area (Å²) in [5.41, 5.74) is 0.341. The zero-order valence-electron chi connectivity index (χ0n) is 25.4. The fraction of sp³-hybridized carbons (Fsp3) is 0.0250. The third-order valence-electron chi connectivity index (χ3n) is 8.17. The first-order chi connectivity index (χ1) is 23.1. The molecule has 1 aliphatic rings. The number of cyclic esters (lactones) is 1. The summed E-state index contributed by atoms with van der Waals surface area (Å²) in [4.78, 5) is 13.5. The summed E-state index contributed by atoms with van der Waals surface area (Å²) in [5.74, 6) is -0.626. The van der Waals surface area contributed by atoms with E-state index in [1.165, 1.54) is 0 Å². The molecular formula is C40H31ClN2O2P2. The summed E-state index contributed by atoms with van der Waals surface area (Å²) in [5, 5.41) is 6.15. The lowest BCUT2D eigenvalue weighted by molar-refractivity contribution is -0.138. The molecular weight excluding hydrogens is 638 g/mol. The van der Waals surface area contributed by atoms with E-state index in [1.54, 1.807) is 0 Å². The number of esters is 1. The average Bonchev–Trinajstić information content (AvgIpc) is 3.42. The first-order valence-electron chi connectivity index (χ1n) is 15.3. The molecule has 0 amide bonds. The predicted octanol–water partition coefficient (Wildman–Crippen LogP) is 7.68. The van der Waals surface area contributed by atoms with E-state index in [9.17, 15) is 4.79 Å². The summed E-state index contributed by atoms with van der Waals surface area (Å²) in [6.45, 7) is 0. The van der Waals surface area contributed by atoms with Crippen LogP contribution in [0.4, 0.5) is 0 Å². The van der Waals surface area contributed by atoms with Gasteiger partial charge in [-0.3, -0.25) is 4.74 Å². The highest BCUT2D eigenvalue weighted by molar-refractivity contribution is 7.88. The van der Waals surface area contributed by atoms with Crippen LogP contribution in [0.5, 0.6) is 0 Å². The number of hydrogen-bond acceptors (Lipinski definition) is 4. The maximum atomic E-state index is 13.5. The lowest BCUT2D eigenvalue weighted by Crippen LogP contribution is -2.28. The van der Waals surface area contributed by atoms with Gasteiger partial charge in [0.15, 0.2) is 5.03 Å². The van der Waals surface area contributed by atoms with Gasteiger partial charge >= 0.3 is 5.97 Å². The highest BCUT2D eigenvalue weighted by Crippen LogP contribution is 2.53. The molecule has 0 spiro atoms. The Morgan fingerprint density at radius 1 is 0.447 bits per heavy atom. The largest absolute Gasteiger partial charge is 0.429 e. The van der Waals surface area contributed by atoms with Crippen LogP contribution < -0.4 is 31.8 Å². The number of nitrogens with zero attached hydrogens (tertiary/aromatic N) is 2. The van der Waals surface area contributed by atoms with Crippen LogP contribution in [0.25, 0.3) is 0 Å². The molecule has 0 saturated carbocycles. The molecule has 0 aliphatic carbocycles. The van der Waals surface area contributed by atoms with Crippen molar-refractivity contribution in [2.45, 2.75) is 6.23 Å². The van der Waals surface area contributed by atoms with Crippen LogP contribution in [-0.2, 0) is 9.53 Å². The molecule has 7 rings (SSSR count). The minimum atomic E-state index is -2.78. The lowest BCUT2D eigenvalue weighted by Gasteiger charge is -2.30. The maximum Gasteiger partial charge on any atom is 0.354 e. The van der Waals surface area contributed by atoms with Crippen LogP contribution in [0.15, 0.2) is 202 Å². The smallest absolute Gasteiger partial charge is 0.354 e. The molecule has 0 radical (unpaired) electrons. The SMILES string of the molecule is O=C1OC(N=P(c2ccccc2)(c2ccccc2)c2ccccc2)C(N=P(c2ccccc2)(c2ccccc2)c2ccccc2)=C1Cl. The van der Waals surface area contributed by atoms with E-state index in [1.807, 2.05) is 109 Å². The van der Waals surface area contributed by atoms with Crippen molar-refractivity contribution >= 4 is 63.5 Å². The molecule has 6 aromatic rings. The van der Waals surface area contributed by atoms with E-state index < -0.39 is 26.3 Å². The molecule has 0 aromatic heterocycles. The Bertz CT molecular complexity index is 1930. The van der Waals surface area contributed by atoms with Gasteiger partial charge in [-0.2, -0.15) is 0 Å². The monoisotopic (exact) mass is 668 g/mol. The van der Waals surface area contributed by atoms with Crippen molar-refractivity contribution in [3.63, 3.8) is 0 Å². The third-order valence-corrected chi connectivity index (χ3v) is 15.9. The molecule has 1 atom stereocenters. The van der Waals surface area contributed by atoms with Crippen molar-refractivity contribution in [1.29, 1.82) is 0 Å². The molecule has 0 fully saturated rings. The molecule has 230 valence electrons. The van der Waals surface area contributed by atoms with E-state index in [4.69, 9.17) is 25.8 Å². The van der Waals surface area contributed by atoms with Crippen molar-refractivity contribution in [1.82, 2.24) is 0 Å². The van der Waals surface area contributed by atoms with Crippen LogP contribution >= 0.6 is 25.7 Å². The van der Waals surface area contributed by atoms with Gasteiger partial charge in [0, 0.05) is 31.8 Å². The number of carbonyl (C=O) groups excluding carboxylic acids is 1. The van der Waals surface area contributed by atoms with Gasteiger partial charge in [-0.15, -0.1) is 0 Å². The topological polar surface area (TPSA) is 51.0 Å². The Kier molecular flexibility index (Phi) is 8.92. The summed E-state index contributed by atoms with van der Waals surface area (Å²) >= 11 is 6.94. The standard InChI is InChI=1S/C40H31ClN2O2P2/c41-37-38(42-46(31-19-7-1-8-20-31,32-21-9-2-10-22-32)33-23-11-3-12-24-33)39(45-40(37)44)43-47(34-25-13-4-14-26-34,35-27-15-5-16-28-35)36-29-17-6-18-30-36/h1-30,39H. The Hall–Kier alpha value is -4.72. The normalized spacial score (nSPS) is 14.8. The van der Waals surface area contributed by atoms with Gasteiger partial charge in [0.2, 0.25) is 6.23 Å². The van der Waals surface area contributed by atoms with Crippen LogP contribution in [0, 0.1) is 0 Å². The Morgan fingerprint density at radius 2 is 0.723 bits per heavy atom. The molecule has 0 bridgehead atoms. The molecule has 1 heterocycles. The Morgan fingerprint density at radius 3 is 1.02 bits per heavy atom. The van der Waals surface area contributed by atoms with E-state index in [2.05, 4.69) is 72.8 Å². The number of halogens is 1. The molecule has 6 aromatic carbocycles. The zero-order chi connectivity index (χ0) is 32.1. The van der Waals surface area contributed by atoms with E-state index in [0.29, 0.717) is 5.70 Å². The molecule has 7 heteroatoms. The highest BCUT2D eigenvalue weighted by Gasteiger charge is 2.40.